The number of aromatic nitrogens is 5. The van der Waals surface area contributed by atoms with Crippen molar-refractivity contribution in [3.05, 3.63) is 84.8 Å². The number of imidazole rings is 1. The molecular weight excluding hydrogens is 462 g/mol. The average Bonchev–Trinajstić information content (AvgIpc) is 3.26. The van der Waals surface area contributed by atoms with Gasteiger partial charge in [0.25, 0.3) is 0 Å². The highest BCUT2D eigenvalue weighted by atomic mass is 16.5. The quantitative estimate of drug-likeness (QED) is 0.340. The van der Waals surface area contributed by atoms with Crippen LogP contribution in [0, 0.1) is 0 Å². The number of rotatable bonds is 4. The number of fused-ring (bicyclic) bond motifs is 5. The summed E-state index contributed by atoms with van der Waals surface area (Å²) < 4.78 is 7.45. The number of benzene rings is 2. The Labute approximate surface area is 214 Å². The zero-order chi connectivity index (χ0) is 25.0. The maximum absolute atomic E-state index is 6.62. The largest absolute Gasteiger partial charge is 0.494 e. The van der Waals surface area contributed by atoms with E-state index in [1.54, 1.807) is 25.7 Å². The molecule has 3 aromatic heterocycles. The Morgan fingerprint density at radius 1 is 0.946 bits per heavy atom. The summed E-state index contributed by atoms with van der Waals surface area (Å²) in [4.78, 5) is 19.0. The highest BCUT2D eigenvalue weighted by molar-refractivity contribution is 5.89. The molecule has 0 unspecified atom stereocenters. The molecule has 3 N–H and O–H groups in total. The SMILES string of the molecule is COc1cnc(-c2nc3n(c2-c2ccc(C4(N)CCC4)cc2)-c2cccnc2Nc2ccccc2-3)nc1. The summed E-state index contributed by atoms with van der Waals surface area (Å²) in [6, 6.07) is 20.6. The second kappa shape index (κ2) is 8.25. The van der Waals surface area contributed by atoms with Crippen molar-refractivity contribution >= 4 is 11.5 Å². The molecule has 5 aromatic rings. The van der Waals surface area contributed by atoms with Gasteiger partial charge < -0.3 is 15.8 Å². The smallest absolute Gasteiger partial charge is 0.180 e. The van der Waals surface area contributed by atoms with Crippen LogP contribution < -0.4 is 15.8 Å². The van der Waals surface area contributed by atoms with E-state index in [0.717, 1.165) is 58.2 Å². The highest BCUT2D eigenvalue weighted by Gasteiger charge is 2.34. The van der Waals surface area contributed by atoms with Crippen LogP contribution in [-0.4, -0.2) is 31.6 Å². The number of nitrogens with zero attached hydrogens (tertiary/aromatic N) is 5. The molecule has 0 radical (unpaired) electrons. The van der Waals surface area contributed by atoms with E-state index >= 15 is 0 Å². The van der Waals surface area contributed by atoms with Gasteiger partial charge in [-0.3, -0.25) is 4.57 Å². The van der Waals surface area contributed by atoms with Gasteiger partial charge in [-0.25, -0.2) is 19.9 Å². The Kier molecular flexibility index (Phi) is 4.84. The van der Waals surface area contributed by atoms with Crippen molar-refractivity contribution in [1.82, 2.24) is 24.5 Å². The molecule has 1 fully saturated rings. The van der Waals surface area contributed by atoms with Gasteiger partial charge in [-0.15, -0.1) is 0 Å². The van der Waals surface area contributed by atoms with E-state index in [4.69, 9.17) is 15.5 Å². The van der Waals surface area contributed by atoms with Crippen molar-refractivity contribution in [2.45, 2.75) is 24.8 Å². The molecule has 182 valence electrons. The van der Waals surface area contributed by atoms with Gasteiger partial charge in [-0.2, -0.15) is 0 Å². The Morgan fingerprint density at radius 2 is 1.73 bits per heavy atom. The molecule has 4 heterocycles. The fraction of sp³-hybridized carbons (Fsp3) is 0.172. The van der Waals surface area contributed by atoms with E-state index in [1.165, 1.54) is 6.42 Å². The van der Waals surface area contributed by atoms with E-state index in [9.17, 15) is 0 Å². The summed E-state index contributed by atoms with van der Waals surface area (Å²) in [5.41, 5.74) is 12.9. The minimum Gasteiger partial charge on any atom is -0.494 e. The van der Waals surface area contributed by atoms with Crippen molar-refractivity contribution in [1.29, 1.82) is 0 Å². The number of hydrogen-bond donors (Lipinski definition) is 2. The van der Waals surface area contributed by atoms with Crippen LogP contribution in [0.4, 0.5) is 11.5 Å². The first-order valence-corrected chi connectivity index (χ1v) is 12.4. The van der Waals surface area contributed by atoms with Gasteiger partial charge in [0, 0.05) is 22.9 Å². The fourth-order valence-corrected chi connectivity index (χ4v) is 5.20. The van der Waals surface area contributed by atoms with E-state index in [-0.39, 0.29) is 5.54 Å². The van der Waals surface area contributed by atoms with E-state index < -0.39 is 0 Å². The van der Waals surface area contributed by atoms with E-state index in [1.807, 2.05) is 30.3 Å². The van der Waals surface area contributed by atoms with Crippen molar-refractivity contribution in [3.63, 3.8) is 0 Å². The molecule has 37 heavy (non-hydrogen) atoms. The number of para-hydroxylation sites is 1. The number of pyridine rings is 1. The average molecular weight is 488 g/mol. The predicted octanol–water partition coefficient (Wildman–Crippen LogP) is 5.46. The van der Waals surface area contributed by atoms with Crippen LogP contribution in [0.3, 0.4) is 0 Å². The zero-order valence-electron chi connectivity index (χ0n) is 20.3. The number of nitrogens with two attached hydrogens (primary N) is 1. The Balaban J connectivity index is 1.51. The maximum Gasteiger partial charge on any atom is 0.180 e. The van der Waals surface area contributed by atoms with Crippen molar-refractivity contribution < 1.29 is 4.74 Å². The first kappa shape index (κ1) is 21.7. The zero-order valence-corrected chi connectivity index (χ0v) is 20.3. The van der Waals surface area contributed by atoms with E-state index in [0.29, 0.717) is 17.3 Å². The summed E-state index contributed by atoms with van der Waals surface area (Å²) in [6.07, 6.45) is 8.32. The molecule has 2 aliphatic rings. The number of anilines is 2. The van der Waals surface area contributed by atoms with Crippen LogP contribution in [0.15, 0.2) is 79.3 Å². The van der Waals surface area contributed by atoms with Gasteiger partial charge in [0.15, 0.2) is 17.4 Å². The van der Waals surface area contributed by atoms with Crippen molar-refractivity contribution in [2.24, 2.45) is 5.73 Å². The lowest BCUT2D eigenvalue weighted by Crippen LogP contribution is -2.43. The van der Waals surface area contributed by atoms with Crippen molar-refractivity contribution in [2.75, 3.05) is 12.4 Å². The highest BCUT2D eigenvalue weighted by Crippen LogP contribution is 2.44. The standard InChI is InChI=1S/C29H25N7O/c1-37-20-16-32-27(33-17-20)24-25(18-9-11-19(12-10-18)29(30)13-5-14-29)36-23-8-4-15-31-26(23)34-22-7-3-2-6-21(22)28(36)35-24/h2-4,6-12,15-17H,5,13-14,30H2,1H3,(H,31,34). The minimum atomic E-state index is -0.228. The summed E-state index contributed by atoms with van der Waals surface area (Å²) in [5.74, 6) is 2.65. The summed E-state index contributed by atoms with van der Waals surface area (Å²) in [6.45, 7) is 0. The second-order valence-electron chi connectivity index (χ2n) is 9.54. The number of hydrogen-bond acceptors (Lipinski definition) is 7. The third-order valence-corrected chi connectivity index (χ3v) is 7.38. The normalized spacial score (nSPS) is 14.9. The number of methoxy groups -OCH3 is 1. The maximum atomic E-state index is 6.62. The van der Waals surface area contributed by atoms with E-state index in [2.05, 4.69) is 55.2 Å². The van der Waals surface area contributed by atoms with Crippen LogP contribution in [0.1, 0.15) is 24.8 Å². The second-order valence-corrected chi connectivity index (χ2v) is 9.54. The molecule has 1 saturated carbocycles. The molecule has 0 spiro atoms. The topological polar surface area (TPSA) is 104 Å². The molecule has 8 nitrogen and oxygen atoms in total. The predicted molar refractivity (Wildman–Crippen MR) is 143 cm³/mol. The third kappa shape index (κ3) is 3.41. The van der Waals surface area contributed by atoms with Crippen LogP contribution in [-0.2, 0) is 5.54 Å². The first-order valence-electron chi connectivity index (χ1n) is 12.4. The molecule has 7 rings (SSSR count). The molecule has 0 bridgehead atoms. The molecule has 0 saturated heterocycles. The summed E-state index contributed by atoms with van der Waals surface area (Å²) >= 11 is 0. The Bertz CT molecular complexity index is 1620. The summed E-state index contributed by atoms with van der Waals surface area (Å²) in [7, 11) is 1.60. The first-order chi connectivity index (χ1) is 18.1. The van der Waals surface area contributed by atoms with Crippen LogP contribution in [0.5, 0.6) is 5.75 Å². The van der Waals surface area contributed by atoms with Gasteiger partial charge in [-0.1, -0.05) is 36.4 Å². The number of ether oxygens (including phenoxy) is 1. The van der Waals surface area contributed by atoms with Crippen LogP contribution in [0.25, 0.3) is 39.9 Å². The third-order valence-electron chi connectivity index (χ3n) is 7.38. The Morgan fingerprint density at radius 3 is 2.46 bits per heavy atom. The lowest BCUT2D eigenvalue weighted by molar-refractivity contribution is 0.253. The molecular formula is C29H25N7O. The molecule has 2 aromatic carbocycles. The number of nitrogens with one attached hydrogen (secondary N) is 1. The molecule has 1 aliphatic heterocycles. The summed E-state index contributed by atoms with van der Waals surface area (Å²) in [5, 5.41) is 3.50. The Hall–Kier alpha value is -4.56. The van der Waals surface area contributed by atoms with Crippen LogP contribution >= 0.6 is 0 Å². The van der Waals surface area contributed by atoms with Gasteiger partial charge >= 0.3 is 0 Å². The molecule has 1 aliphatic carbocycles. The van der Waals surface area contributed by atoms with Gasteiger partial charge in [0.05, 0.1) is 36.6 Å². The lowest BCUT2D eigenvalue weighted by Gasteiger charge is -2.38. The van der Waals surface area contributed by atoms with Gasteiger partial charge in [0.2, 0.25) is 0 Å². The molecule has 0 amide bonds. The fourth-order valence-electron chi connectivity index (χ4n) is 5.20. The minimum absolute atomic E-state index is 0.228. The lowest BCUT2D eigenvalue weighted by atomic mass is 9.72. The monoisotopic (exact) mass is 487 g/mol. The molecule has 8 heteroatoms. The van der Waals surface area contributed by atoms with Crippen LogP contribution in [0.2, 0.25) is 0 Å². The molecule has 0 atom stereocenters. The van der Waals surface area contributed by atoms with Crippen molar-refractivity contribution in [3.8, 4) is 45.6 Å². The van der Waals surface area contributed by atoms with Gasteiger partial charge in [0.1, 0.15) is 11.5 Å². The van der Waals surface area contributed by atoms with Gasteiger partial charge in [-0.05, 0) is 49.1 Å².